The highest BCUT2D eigenvalue weighted by molar-refractivity contribution is 6.02. The molecule has 0 saturated carbocycles. The molecule has 0 bridgehead atoms. The molecule has 32 heavy (non-hydrogen) atoms. The van der Waals surface area contributed by atoms with Crippen molar-refractivity contribution >= 4 is 35.6 Å². The first-order chi connectivity index (χ1) is 15.4. The van der Waals surface area contributed by atoms with Crippen LogP contribution in [-0.4, -0.2) is 58.9 Å². The van der Waals surface area contributed by atoms with Crippen LogP contribution in [0.2, 0.25) is 0 Å². The Balaban J connectivity index is 1.35. The minimum Gasteiger partial charge on any atom is -0.381 e. The molecule has 2 aliphatic rings. The van der Waals surface area contributed by atoms with E-state index in [-0.39, 0.29) is 38.5 Å². The second-order valence-corrected chi connectivity index (χ2v) is 7.68. The zero-order valence-electron chi connectivity index (χ0n) is 18.2. The van der Waals surface area contributed by atoms with Gasteiger partial charge in [0.05, 0.1) is 0 Å². The molecule has 0 atom stereocenters. The van der Waals surface area contributed by atoms with Crippen molar-refractivity contribution in [2.24, 2.45) is 0 Å². The van der Waals surface area contributed by atoms with Crippen LogP contribution in [0.5, 0.6) is 0 Å². The quantitative estimate of drug-likeness (QED) is 0.267. The Morgan fingerprint density at radius 1 is 0.562 bits per heavy atom. The highest BCUT2D eigenvalue weighted by Crippen LogP contribution is 2.15. The lowest BCUT2D eigenvalue weighted by molar-refractivity contribution is -0.197. The lowest BCUT2D eigenvalue weighted by Crippen LogP contribution is -2.31. The second kappa shape index (κ2) is 13.6. The normalized spacial score (nSPS) is 16.2. The van der Waals surface area contributed by atoms with Crippen molar-refractivity contribution in [3.63, 3.8) is 0 Å². The van der Waals surface area contributed by atoms with Crippen molar-refractivity contribution in [3.8, 4) is 0 Å². The summed E-state index contributed by atoms with van der Waals surface area (Å²) in [5, 5.41) is 1.12. The minimum atomic E-state index is -0.586. The molecule has 178 valence electrons. The fourth-order valence-electron chi connectivity index (χ4n) is 3.19. The second-order valence-electron chi connectivity index (χ2n) is 7.68. The standard InChI is InChI=1S/C21H30N2O9/c24-16-10-11-17(25)22(16)31-20(28)8-4-1-2-6-14-30-15-7-3-5-9-21(29)32-23-18(26)12-13-19(23)27/h1-15H2. The summed E-state index contributed by atoms with van der Waals surface area (Å²) in [6, 6.07) is 0. The molecule has 4 amide bonds. The van der Waals surface area contributed by atoms with Gasteiger partial charge >= 0.3 is 11.9 Å². The van der Waals surface area contributed by atoms with Crippen molar-refractivity contribution in [2.45, 2.75) is 83.5 Å². The van der Waals surface area contributed by atoms with Crippen molar-refractivity contribution < 1.29 is 43.2 Å². The van der Waals surface area contributed by atoms with Crippen molar-refractivity contribution in [1.29, 1.82) is 0 Å². The maximum absolute atomic E-state index is 11.7. The number of hydroxylamine groups is 4. The Kier molecular flexibility index (Phi) is 10.8. The first-order valence-corrected chi connectivity index (χ1v) is 11.1. The number of imide groups is 2. The van der Waals surface area contributed by atoms with Crippen LogP contribution in [0.15, 0.2) is 0 Å². The van der Waals surface area contributed by atoms with E-state index in [0.29, 0.717) is 36.2 Å². The van der Waals surface area contributed by atoms with E-state index in [2.05, 4.69) is 0 Å². The Morgan fingerprint density at radius 2 is 0.906 bits per heavy atom. The average molecular weight is 454 g/mol. The number of nitrogens with zero attached hydrogens (tertiary/aromatic N) is 2. The van der Waals surface area contributed by atoms with Crippen LogP contribution in [0.3, 0.4) is 0 Å². The van der Waals surface area contributed by atoms with E-state index >= 15 is 0 Å². The molecular weight excluding hydrogens is 424 g/mol. The zero-order valence-corrected chi connectivity index (χ0v) is 18.2. The number of ether oxygens (including phenoxy) is 1. The third-order valence-corrected chi connectivity index (χ3v) is 4.99. The Bertz CT molecular complexity index is 630. The van der Waals surface area contributed by atoms with Gasteiger partial charge in [0.2, 0.25) is 0 Å². The number of hydrogen-bond acceptors (Lipinski definition) is 9. The van der Waals surface area contributed by atoms with Crippen molar-refractivity contribution in [2.75, 3.05) is 13.2 Å². The van der Waals surface area contributed by atoms with E-state index in [9.17, 15) is 28.8 Å². The van der Waals surface area contributed by atoms with E-state index in [1.54, 1.807) is 0 Å². The van der Waals surface area contributed by atoms with Crippen LogP contribution < -0.4 is 0 Å². The largest absolute Gasteiger partial charge is 0.381 e. The zero-order chi connectivity index (χ0) is 23.3. The summed E-state index contributed by atoms with van der Waals surface area (Å²) in [5.74, 6) is -3.08. The lowest BCUT2D eigenvalue weighted by Gasteiger charge is -2.12. The number of carbonyl (C=O) groups is 6. The van der Waals surface area contributed by atoms with Gasteiger partial charge in [0, 0.05) is 51.7 Å². The molecule has 11 heteroatoms. The number of hydrogen-bond donors (Lipinski definition) is 0. The van der Waals surface area contributed by atoms with Crippen LogP contribution >= 0.6 is 0 Å². The number of rotatable bonds is 15. The topological polar surface area (TPSA) is 137 Å². The molecule has 2 heterocycles. The third kappa shape index (κ3) is 8.74. The molecule has 0 aromatic heterocycles. The number of carbonyl (C=O) groups excluding carboxylic acids is 6. The smallest absolute Gasteiger partial charge is 0.333 e. The van der Waals surface area contributed by atoms with Gasteiger partial charge in [-0.1, -0.05) is 19.3 Å². The van der Waals surface area contributed by atoms with Gasteiger partial charge in [-0.2, -0.15) is 0 Å². The molecule has 0 aliphatic carbocycles. The highest BCUT2D eigenvalue weighted by atomic mass is 16.7. The summed E-state index contributed by atoms with van der Waals surface area (Å²) in [7, 11) is 0. The molecule has 2 rings (SSSR count). The molecular formula is C21H30N2O9. The molecule has 0 radical (unpaired) electrons. The minimum absolute atomic E-state index is 0.0824. The summed E-state index contributed by atoms with van der Waals surface area (Å²) in [6.07, 6.45) is 5.92. The number of amides is 4. The summed E-state index contributed by atoms with van der Waals surface area (Å²) >= 11 is 0. The Hall–Kier alpha value is -2.82. The van der Waals surface area contributed by atoms with E-state index in [1.807, 2.05) is 0 Å². The molecule has 0 aromatic rings. The summed E-state index contributed by atoms with van der Waals surface area (Å²) < 4.78 is 5.53. The van der Waals surface area contributed by atoms with E-state index < -0.39 is 35.6 Å². The SMILES string of the molecule is O=C(CCCCCCOCCCCCC(=O)ON1C(=O)CCC1=O)ON1C(=O)CCC1=O. The maximum Gasteiger partial charge on any atom is 0.333 e. The van der Waals surface area contributed by atoms with Gasteiger partial charge < -0.3 is 14.4 Å². The molecule has 0 spiro atoms. The fourth-order valence-corrected chi connectivity index (χ4v) is 3.19. The monoisotopic (exact) mass is 454 g/mol. The van der Waals surface area contributed by atoms with Crippen LogP contribution in [0.25, 0.3) is 0 Å². The van der Waals surface area contributed by atoms with Gasteiger partial charge in [-0.05, 0) is 25.7 Å². The van der Waals surface area contributed by atoms with Gasteiger partial charge in [0.25, 0.3) is 23.6 Å². The molecule has 0 unspecified atom stereocenters. The van der Waals surface area contributed by atoms with Crippen LogP contribution in [0, 0.1) is 0 Å². The molecule has 0 aromatic carbocycles. The summed E-state index contributed by atoms with van der Waals surface area (Å²) in [4.78, 5) is 78.3. The van der Waals surface area contributed by atoms with Gasteiger partial charge in [0.1, 0.15) is 0 Å². The van der Waals surface area contributed by atoms with E-state index in [4.69, 9.17) is 14.4 Å². The predicted octanol–water partition coefficient (Wildman–Crippen LogP) is 1.73. The predicted molar refractivity (Wildman–Crippen MR) is 107 cm³/mol. The lowest BCUT2D eigenvalue weighted by atomic mass is 10.1. The van der Waals surface area contributed by atoms with E-state index in [0.717, 1.165) is 32.1 Å². The summed E-state index contributed by atoms with van der Waals surface area (Å²) in [6.45, 7) is 1.17. The van der Waals surface area contributed by atoms with Gasteiger partial charge in [-0.3, -0.25) is 19.2 Å². The number of unbranched alkanes of at least 4 members (excludes halogenated alkanes) is 5. The van der Waals surface area contributed by atoms with Gasteiger partial charge in [-0.15, -0.1) is 10.1 Å². The molecule has 11 nitrogen and oxygen atoms in total. The molecule has 2 saturated heterocycles. The van der Waals surface area contributed by atoms with Gasteiger partial charge in [-0.25, -0.2) is 9.59 Å². The van der Waals surface area contributed by atoms with Crippen molar-refractivity contribution in [3.05, 3.63) is 0 Å². The van der Waals surface area contributed by atoms with Crippen molar-refractivity contribution in [1.82, 2.24) is 10.1 Å². The van der Waals surface area contributed by atoms with Crippen LogP contribution in [0.1, 0.15) is 83.5 Å². The fraction of sp³-hybridized carbons (Fsp3) is 0.714. The van der Waals surface area contributed by atoms with Gasteiger partial charge in [0.15, 0.2) is 0 Å². The Morgan fingerprint density at radius 3 is 1.31 bits per heavy atom. The summed E-state index contributed by atoms with van der Waals surface area (Å²) in [5.41, 5.74) is 0. The first-order valence-electron chi connectivity index (χ1n) is 11.1. The van der Waals surface area contributed by atoms with Crippen LogP contribution in [0.4, 0.5) is 0 Å². The van der Waals surface area contributed by atoms with Crippen LogP contribution in [-0.2, 0) is 43.2 Å². The third-order valence-electron chi connectivity index (χ3n) is 4.99. The highest BCUT2D eigenvalue weighted by Gasteiger charge is 2.33. The molecule has 2 fully saturated rings. The first kappa shape index (κ1) is 25.4. The Labute approximate surface area is 186 Å². The van der Waals surface area contributed by atoms with E-state index in [1.165, 1.54) is 0 Å². The molecule has 0 N–H and O–H groups in total. The maximum atomic E-state index is 11.7. The average Bonchev–Trinajstić information content (AvgIpc) is 3.24. The molecule has 2 aliphatic heterocycles.